The van der Waals surface area contributed by atoms with Gasteiger partial charge in [-0.25, -0.2) is 12.7 Å². The summed E-state index contributed by atoms with van der Waals surface area (Å²) >= 11 is 6.01. The zero-order chi connectivity index (χ0) is 17.9. The lowest BCUT2D eigenvalue weighted by atomic mass is 10.0. The molecule has 1 saturated heterocycles. The van der Waals surface area contributed by atoms with Gasteiger partial charge in [-0.2, -0.15) is 0 Å². The van der Waals surface area contributed by atoms with Crippen LogP contribution in [0.3, 0.4) is 0 Å². The van der Waals surface area contributed by atoms with E-state index >= 15 is 0 Å². The van der Waals surface area contributed by atoms with Crippen molar-refractivity contribution in [2.45, 2.75) is 37.1 Å². The van der Waals surface area contributed by atoms with Gasteiger partial charge < -0.3 is 5.32 Å². The van der Waals surface area contributed by atoms with Gasteiger partial charge in [0.15, 0.2) is 0 Å². The summed E-state index contributed by atoms with van der Waals surface area (Å²) < 4.78 is 25.6. The fraction of sp³-hybridized carbons (Fsp3) is 0.562. The van der Waals surface area contributed by atoms with Gasteiger partial charge in [0.05, 0.1) is 11.6 Å². The minimum Gasteiger partial charge on any atom is -0.325 e. The van der Waals surface area contributed by atoms with Crippen LogP contribution in [0.5, 0.6) is 0 Å². The molecule has 0 aliphatic carbocycles. The molecule has 1 N–H and O–H groups in total. The van der Waals surface area contributed by atoms with E-state index in [1.807, 2.05) is 0 Å². The highest BCUT2D eigenvalue weighted by Crippen LogP contribution is 2.27. The zero-order valence-corrected chi connectivity index (χ0v) is 15.8. The molecule has 0 aromatic heterocycles. The molecular weight excluding hydrogens is 350 g/mol. The van der Waals surface area contributed by atoms with E-state index in [4.69, 9.17) is 11.6 Å². The third kappa shape index (κ3) is 4.47. The second-order valence-electron chi connectivity index (χ2n) is 6.30. The van der Waals surface area contributed by atoms with Crippen LogP contribution >= 0.6 is 11.6 Å². The number of amides is 1. The number of rotatable bonds is 5. The fourth-order valence-electron chi connectivity index (χ4n) is 2.75. The molecule has 134 valence electrons. The van der Waals surface area contributed by atoms with E-state index in [0.717, 1.165) is 23.7 Å². The molecule has 8 heteroatoms. The Kier molecular flexibility index (Phi) is 6.25. The van der Waals surface area contributed by atoms with E-state index in [2.05, 4.69) is 17.1 Å². The average molecular weight is 374 g/mol. The Labute approximate surface area is 148 Å². The van der Waals surface area contributed by atoms with Crippen molar-refractivity contribution >= 4 is 33.2 Å². The average Bonchev–Trinajstić information content (AvgIpc) is 2.51. The summed E-state index contributed by atoms with van der Waals surface area (Å²) in [6.07, 6.45) is 3.39. The quantitative estimate of drug-likeness (QED) is 0.860. The van der Waals surface area contributed by atoms with E-state index in [9.17, 15) is 13.2 Å². The molecule has 0 spiro atoms. The predicted molar refractivity (Wildman–Crippen MR) is 95.8 cm³/mol. The Morgan fingerprint density at radius 3 is 2.71 bits per heavy atom. The summed E-state index contributed by atoms with van der Waals surface area (Å²) in [4.78, 5) is 14.4. The molecule has 0 saturated carbocycles. The number of benzene rings is 1. The number of piperidine rings is 1. The smallest absolute Gasteiger partial charge is 0.244 e. The molecule has 1 aromatic rings. The van der Waals surface area contributed by atoms with Gasteiger partial charge in [-0.15, -0.1) is 0 Å². The van der Waals surface area contributed by atoms with Gasteiger partial charge >= 0.3 is 0 Å². The van der Waals surface area contributed by atoms with Gasteiger partial charge in [0.25, 0.3) is 0 Å². The van der Waals surface area contributed by atoms with Crippen LogP contribution in [0.4, 0.5) is 5.69 Å². The first-order valence-corrected chi connectivity index (χ1v) is 9.79. The molecule has 24 heavy (non-hydrogen) atoms. The van der Waals surface area contributed by atoms with Crippen LogP contribution in [0.25, 0.3) is 0 Å². The van der Waals surface area contributed by atoms with Crippen molar-refractivity contribution in [1.82, 2.24) is 9.21 Å². The summed E-state index contributed by atoms with van der Waals surface area (Å²) in [5.41, 5.74) is 0.425. The number of carbonyl (C=O) groups excluding carboxylic acids is 1. The Hall–Kier alpha value is -1.15. The zero-order valence-electron chi connectivity index (χ0n) is 14.3. The Bertz CT molecular complexity index is 707. The third-order valence-electron chi connectivity index (χ3n) is 4.26. The van der Waals surface area contributed by atoms with Crippen molar-refractivity contribution in [3.05, 3.63) is 23.2 Å². The molecular formula is C16H24ClN3O3S. The van der Waals surface area contributed by atoms with Gasteiger partial charge in [0.1, 0.15) is 4.90 Å². The summed E-state index contributed by atoms with van der Waals surface area (Å²) in [6, 6.07) is 4.88. The van der Waals surface area contributed by atoms with Crippen molar-refractivity contribution in [3.8, 4) is 0 Å². The predicted octanol–water partition coefficient (Wildman–Crippen LogP) is 2.40. The molecule has 1 fully saturated rings. The number of hydrogen-bond donors (Lipinski definition) is 1. The lowest BCUT2D eigenvalue weighted by Crippen LogP contribution is -2.42. The summed E-state index contributed by atoms with van der Waals surface area (Å²) in [5, 5.41) is 2.90. The van der Waals surface area contributed by atoms with Crippen LogP contribution in [0.2, 0.25) is 5.02 Å². The van der Waals surface area contributed by atoms with Gasteiger partial charge in [-0.05, 0) is 44.5 Å². The summed E-state index contributed by atoms with van der Waals surface area (Å²) in [6.45, 7) is 3.34. The van der Waals surface area contributed by atoms with Gasteiger partial charge in [-0.1, -0.05) is 18.0 Å². The van der Waals surface area contributed by atoms with Crippen molar-refractivity contribution < 1.29 is 13.2 Å². The minimum atomic E-state index is -3.66. The maximum Gasteiger partial charge on any atom is 0.244 e. The van der Waals surface area contributed by atoms with E-state index in [-0.39, 0.29) is 15.8 Å². The summed E-state index contributed by atoms with van der Waals surface area (Å²) in [5.74, 6) is -0.153. The minimum absolute atomic E-state index is 0.0155. The van der Waals surface area contributed by atoms with Crippen LogP contribution in [0.1, 0.15) is 26.2 Å². The second-order valence-corrected chi connectivity index (χ2v) is 8.82. The number of sulfonamides is 1. The Morgan fingerprint density at radius 1 is 1.38 bits per heavy atom. The van der Waals surface area contributed by atoms with E-state index in [1.165, 1.54) is 32.6 Å². The van der Waals surface area contributed by atoms with Crippen molar-refractivity contribution in [3.63, 3.8) is 0 Å². The third-order valence-corrected chi connectivity index (χ3v) is 6.56. The maximum absolute atomic E-state index is 12.3. The first-order valence-electron chi connectivity index (χ1n) is 7.98. The van der Waals surface area contributed by atoms with Crippen molar-refractivity contribution in [2.75, 3.05) is 32.5 Å². The molecule has 1 aliphatic rings. The van der Waals surface area contributed by atoms with Crippen LogP contribution < -0.4 is 5.32 Å². The van der Waals surface area contributed by atoms with Crippen LogP contribution in [0.15, 0.2) is 23.1 Å². The topological polar surface area (TPSA) is 69.7 Å². The van der Waals surface area contributed by atoms with E-state index < -0.39 is 10.0 Å². The molecule has 1 aromatic carbocycles. The number of hydrogen-bond acceptors (Lipinski definition) is 4. The fourth-order valence-corrected chi connectivity index (χ4v) is 4.15. The van der Waals surface area contributed by atoms with Gasteiger partial charge in [0.2, 0.25) is 15.9 Å². The molecule has 0 radical (unpaired) electrons. The number of anilines is 1. The molecule has 1 atom stereocenters. The molecule has 0 bridgehead atoms. The molecule has 1 amide bonds. The lowest BCUT2D eigenvalue weighted by molar-refractivity contribution is -0.118. The highest BCUT2D eigenvalue weighted by Gasteiger charge is 2.23. The van der Waals surface area contributed by atoms with Crippen molar-refractivity contribution in [1.29, 1.82) is 0 Å². The molecule has 2 rings (SSSR count). The number of nitrogens with zero attached hydrogens (tertiary/aromatic N) is 2. The number of carbonyl (C=O) groups is 1. The first kappa shape index (κ1) is 19.2. The number of halogens is 1. The molecule has 1 heterocycles. The SMILES string of the molecule is CC1CCCCN1CC(=O)Nc1ccc(Cl)c(S(=O)(=O)N(C)C)c1. The number of likely N-dealkylation sites (tertiary alicyclic amines) is 1. The first-order chi connectivity index (χ1) is 11.2. The standard InChI is InChI=1S/C16H24ClN3O3S/c1-12-6-4-5-9-20(12)11-16(21)18-13-7-8-14(17)15(10-13)24(22,23)19(2)3/h7-8,10,12H,4-6,9,11H2,1-3H3,(H,18,21). The lowest BCUT2D eigenvalue weighted by Gasteiger charge is -2.32. The Balaban J connectivity index is 2.11. The molecule has 1 aliphatic heterocycles. The molecule has 1 unspecified atom stereocenters. The van der Waals surface area contributed by atoms with Gasteiger partial charge in [0, 0.05) is 25.8 Å². The monoisotopic (exact) mass is 373 g/mol. The van der Waals surface area contributed by atoms with E-state index in [1.54, 1.807) is 6.07 Å². The van der Waals surface area contributed by atoms with Crippen LogP contribution in [-0.4, -0.2) is 56.8 Å². The van der Waals surface area contributed by atoms with Crippen LogP contribution in [0, 0.1) is 0 Å². The highest BCUT2D eigenvalue weighted by molar-refractivity contribution is 7.89. The Morgan fingerprint density at radius 2 is 2.08 bits per heavy atom. The van der Waals surface area contributed by atoms with Crippen molar-refractivity contribution in [2.24, 2.45) is 0 Å². The largest absolute Gasteiger partial charge is 0.325 e. The molecule has 6 nitrogen and oxygen atoms in total. The highest BCUT2D eigenvalue weighted by atomic mass is 35.5. The second kappa shape index (κ2) is 7.82. The summed E-state index contributed by atoms with van der Waals surface area (Å²) in [7, 11) is -0.784. The van der Waals surface area contributed by atoms with Crippen LogP contribution in [-0.2, 0) is 14.8 Å². The van der Waals surface area contributed by atoms with Gasteiger partial charge in [-0.3, -0.25) is 9.69 Å². The van der Waals surface area contributed by atoms with E-state index in [0.29, 0.717) is 18.3 Å². The normalized spacial score (nSPS) is 19.5. The maximum atomic E-state index is 12.3. The number of nitrogens with one attached hydrogen (secondary N) is 1.